The lowest BCUT2D eigenvalue weighted by Crippen LogP contribution is -2.07. The van der Waals surface area contributed by atoms with Crippen LogP contribution in [0.25, 0.3) is 11.3 Å². The Morgan fingerprint density at radius 1 is 1.37 bits per heavy atom. The molecule has 2 N–H and O–H groups in total. The van der Waals surface area contributed by atoms with Crippen molar-refractivity contribution in [3.8, 4) is 11.3 Å². The van der Waals surface area contributed by atoms with Gasteiger partial charge in [0.2, 0.25) is 0 Å². The summed E-state index contributed by atoms with van der Waals surface area (Å²) in [5.41, 5.74) is 7.41. The van der Waals surface area contributed by atoms with Crippen LogP contribution in [0.1, 0.15) is 32.7 Å². The van der Waals surface area contributed by atoms with Crippen molar-refractivity contribution in [3.63, 3.8) is 0 Å². The lowest BCUT2D eigenvalue weighted by molar-refractivity contribution is 0.429. The highest BCUT2D eigenvalue weighted by Gasteiger charge is 2.16. The minimum Gasteiger partial charge on any atom is -0.396 e. The Morgan fingerprint density at radius 2 is 2.05 bits per heavy atom. The maximum Gasteiger partial charge on any atom is 0.132 e. The SMILES string of the molecule is CCC(CC)n1cc(N)c(-c2cc(Br)ccc2F)n1. The van der Waals surface area contributed by atoms with Crippen LogP contribution >= 0.6 is 15.9 Å². The van der Waals surface area contributed by atoms with E-state index in [4.69, 9.17) is 5.73 Å². The van der Waals surface area contributed by atoms with Gasteiger partial charge in [-0.2, -0.15) is 5.10 Å². The van der Waals surface area contributed by atoms with Crippen LogP contribution in [-0.2, 0) is 0 Å². The molecule has 0 saturated carbocycles. The Hall–Kier alpha value is -1.36. The Balaban J connectivity index is 2.48. The van der Waals surface area contributed by atoms with Gasteiger partial charge in [-0.25, -0.2) is 4.39 Å². The molecule has 5 heteroatoms. The lowest BCUT2D eigenvalue weighted by Gasteiger charge is -2.12. The van der Waals surface area contributed by atoms with Gasteiger partial charge in [0.1, 0.15) is 11.5 Å². The molecule has 0 unspecified atom stereocenters. The van der Waals surface area contributed by atoms with E-state index in [1.54, 1.807) is 18.3 Å². The Bertz CT molecular complexity index is 576. The lowest BCUT2D eigenvalue weighted by atomic mass is 10.1. The van der Waals surface area contributed by atoms with E-state index in [2.05, 4.69) is 34.9 Å². The topological polar surface area (TPSA) is 43.8 Å². The highest BCUT2D eigenvalue weighted by atomic mass is 79.9. The fraction of sp³-hybridized carbons (Fsp3) is 0.357. The van der Waals surface area contributed by atoms with Crippen molar-refractivity contribution >= 4 is 21.6 Å². The van der Waals surface area contributed by atoms with E-state index in [0.29, 0.717) is 23.0 Å². The summed E-state index contributed by atoms with van der Waals surface area (Å²) in [4.78, 5) is 0. The second-order valence-corrected chi connectivity index (χ2v) is 5.42. The third-order valence-electron chi connectivity index (χ3n) is 3.26. The molecule has 0 spiro atoms. The van der Waals surface area contributed by atoms with Gasteiger partial charge in [0.25, 0.3) is 0 Å². The van der Waals surface area contributed by atoms with Crippen LogP contribution in [0.4, 0.5) is 10.1 Å². The second-order valence-electron chi connectivity index (χ2n) is 4.51. The molecule has 0 amide bonds. The van der Waals surface area contributed by atoms with Crippen molar-refractivity contribution in [2.45, 2.75) is 32.7 Å². The zero-order valence-corrected chi connectivity index (χ0v) is 12.6. The number of hydrogen-bond acceptors (Lipinski definition) is 2. The van der Waals surface area contributed by atoms with E-state index in [1.807, 2.05) is 4.68 Å². The number of nitrogens with zero attached hydrogens (tertiary/aromatic N) is 2. The molecule has 1 aromatic heterocycles. The minimum absolute atomic E-state index is 0.297. The molecule has 19 heavy (non-hydrogen) atoms. The van der Waals surface area contributed by atoms with Gasteiger partial charge in [-0.1, -0.05) is 29.8 Å². The summed E-state index contributed by atoms with van der Waals surface area (Å²) >= 11 is 3.34. The first-order valence-electron chi connectivity index (χ1n) is 6.36. The highest BCUT2D eigenvalue weighted by molar-refractivity contribution is 9.10. The number of benzene rings is 1. The number of anilines is 1. The Labute approximate surface area is 120 Å². The molecule has 0 bridgehead atoms. The predicted molar refractivity (Wildman–Crippen MR) is 79.4 cm³/mol. The average Bonchev–Trinajstić information content (AvgIpc) is 2.76. The van der Waals surface area contributed by atoms with Crippen LogP contribution in [0, 0.1) is 5.82 Å². The summed E-state index contributed by atoms with van der Waals surface area (Å²) in [7, 11) is 0. The number of nitrogen functional groups attached to an aromatic ring is 1. The van der Waals surface area contributed by atoms with Gasteiger partial charge in [-0.15, -0.1) is 0 Å². The van der Waals surface area contributed by atoms with Crippen LogP contribution in [-0.4, -0.2) is 9.78 Å². The van der Waals surface area contributed by atoms with Crippen LogP contribution < -0.4 is 5.73 Å². The molecule has 0 aliphatic carbocycles. The normalized spacial score (nSPS) is 11.2. The van der Waals surface area contributed by atoms with Crippen LogP contribution in [0.2, 0.25) is 0 Å². The number of aromatic nitrogens is 2. The first-order valence-corrected chi connectivity index (χ1v) is 7.16. The quantitative estimate of drug-likeness (QED) is 0.905. The fourth-order valence-corrected chi connectivity index (χ4v) is 2.50. The molecule has 2 aromatic rings. The van der Waals surface area contributed by atoms with Crippen molar-refractivity contribution in [2.75, 3.05) is 5.73 Å². The van der Waals surface area contributed by atoms with Gasteiger partial charge in [0, 0.05) is 16.2 Å². The smallest absolute Gasteiger partial charge is 0.132 e. The summed E-state index contributed by atoms with van der Waals surface area (Å²) in [5, 5.41) is 4.45. The highest BCUT2D eigenvalue weighted by Crippen LogP contribution is 2.30. The van der Waals surface area contributed by atoms with Gasteiger partial charge in [0.15, 0.2) is 0 Å². The van der Waals surface area contributed by atoms with Crippen LogP contribution in [0.15, 0.2) is 28.9 Å². The van der Waals surface area contributed by atoms with E-state index in [1.165, 1.54) is 6.07 Å². The standard InChI is InChI=1S/C14H17BrFN3/c1-3-10(4-2)19-8-13(17)14(18-19)11-7-9(15)5-6-12(11)16/h5-8,10H,3-4,17H2,1-2H3. The molecule has 0 aliphatic heterocycles. The van der Waals surface area contributed by atoms with Crippen molar-refractivity contribution in [1.29, 1.82) is 0 Å². The Morgan fingerprint density at radius 3 is 2.68 bits per heavy atom. The van der Waals surface area contributed by atoms with Gasteiger partial charge < -0.3 is 5.73 Å². The molecule has 0 aliphatic rings. The molecule has 0 fully saturated rings. The van der Waals surface area contributed by atoms with E-state index >= 15 is 0 Å². The molecule has 3 nitrogen and oxygen atoms in total. The van der Waals surface area contributed by atoms with Gasteiger partial charge in [-0.3, -0.25) is 4.68 Å². The summed E-state index contributed by atoms with van der Waals surface area (Å²) in [6.07, 6.45) is 3.73. The molecule has 102 valence electrons. The van der Waals surface area contributed by atoms with Gasteiger partial charge >= 0.3 is 0 Å². The summed E-state index contributed by atoms with van der Waals surface area (Å²) < 4.78 is 16.5. The molecule has 0 saturated heterocycles. The largest absolute Gasteiger partial charge is 0.396 e. The first kappa shape index (κ1) is 14.1. The van der Waals surface area contributed by atoms with Crippen molar-refractivity contribution < 1.29 is 4.39 Å². The molecule has 0 atom stereocenters. The fourth-order valence-electron chi connectivity index (χ4n) is 2.14. The first-order chi connectivity index (χ1) is 9.06. The molecular formula is C14H17BrFN3. The molecular weight excluding hydrogens is 309 g/mol. The van der Waals surface area contributed by atoms with Gasteiger partial charge in [-0.05, 0) is 31.0 Å². The van der Waals surface area contributed by atoms with Crippen LogP contribution in [0.5, 0.6) is 0 Å². The van der Waals surface area contributed by atoms with E-state index in [0.717, 1.165) is 17.3 Å². The monoisotopic (exact) mass is 325 g/mol. The number of nitrogens with two attached hydrogens (primary N) is 1. The zero-order chi connectivity index (χ0) is 14.0. The van der Waals surface area contributed by atoms with E-state index in [9.17, 15) is 4.39 Å². The van der Waals surface area contributed by atoms with Crippen LogP contribution in [0.3, 0.4) is 0 Å². The maximum absolute atomic E-state index is 13.9. The molecule has 1 aromatic carbocycles. The van der Waals surface area contributed by atoms with Crippen molar-refractivity contribution in [2.24, 2.45) is 0 Å². The number of hydrogen-bond donors (Lipinski definition) is 1. The summed E-state index contributed by atoms with van der Waals surface area (Å²) in [5.74, 6) is -0.315. The summed E-state index contributed by atoms with van der Waals surface area (Å²) in [6, 6.07) is 5.07. The predicted octanol–water partition coefficient (Wildman–Crippen LogP) is 4.40. The Kier molecular flexibility index (Phi) is 4.24. The zero-order valence-electron chi connectivity index (χ0n) is 11.0. The molecule has 1 heterocycles. The number of halogens is 2. The third kappa shape index (κ3) is 2.81. The van der Waals surface area contributed by atoms with E-state index < -0.39 is 0 Å². The van der Waals surface area contributed by atoms with Crippen molar-refractivity contribution in [1.82, 2.24) is 9.78 Å². The van der Waals surface area contributed by atoms with E-state index in [-0.39, 0.29) is 5.82 Å². The molecule has 2 rings (SSSR count). The summed E-state index contributed by atoms with van der Waals surface area (Å²) in [6.45, 7) is 4.21. The average molecular weight is 326 g/mol. The second kappa shape index (κ2) is 5.74. The third-order valence-corrected chi connectivity index (χ3v) is 3.75. The van der Waals surface area contributed by atoms with Crippen molar-refractivity contribution in [3.05, 3.63) is 34.7 Å². The molecule has 0 radical (unpaired) electrons. The maximum atomic E-state index is 13.9. The van der Waals surface area contributed by atoms with Gasteiger partial charge in [0.05, 0.1) is 11.7 Å². The minimum atomic E-state index is -0.315. The number of rotatable bonds is 4.